The van der Waals surface area contributed by atoms with Gasteiger partial charge in [0.1, 0.15) is 5.82 Å². The van der Waals surface area contributed by atoms with Crippen molar-refractivity contribution in [1.29, 1.82) is 0 Å². The Morgan fingerprint density at radius 3 is 3.00 bits per heavy atom. The monoisotopic (exact) mass is 259 g/mol. The van der Waals surface area contributed by atoms with Crippen LogP contribution in [0.4, 0.5) is 0 Å². The molecule has 5 nitrogen and oxygen atoms in total. The van der Waals surface area contributed by atoms with Gasteiger partial charge in [0.25, 0.3) is 0 Å². The first-order valence-corrected chi connectivity index (χ1v) is 6.45. The Morgan fingerprint density at radius 1 is 1.58 bits per heavy atom. The molecule has 1 saturated heterocycles. The SMILES string of the molecule is COC(=O)c1nc(CC2CNC2)n2ccc(C)cc12. The number of imidazole rings is 1. The quantitative estimate of drug-likeness (QED) is 0.841. The van der Waals surface area contributed by atoms with Crippen LogP contribution in [0, 0.1) is 12.8 Å². The molecule has 1 fully saturated rings. The van der Waals surface area contributed by atoms with E-state index in [-0.39, 0.29) is 5.97 Å². The maximum Gasteiger partial charge on any atom is 0.358 e. The number of carbonyl (C=O) groups is 1. The second-order valence-electron chi connectivity index (χ2n) is 5.06. The highest BCUT2D eigenvalue weighted by atomic mass is 16.5. The predicted molar refractivity (Wildman–Crippen MR) is 71.3 cm³/mol. The minimum atomic E-state index is -0.374. The first kappa shape index (κ1) is 12.2. The molecular formula is C14H17N3O2. The van der Waals surface area contributed by atoms with Crippen molar-refractivity contribution >= 4 is 11.5 Å². The highest BCUT2D eigenvalue weighted by Gasteiger charge is 2.23. The summed E-state index contributed by atoms with van der Waals surface area (Å²) in [6.45, 7) is 4.05. The molecule has 3 heterocycles. The number of hydrogen-bond acceptors (Lipinski definition) is 4. The summed E-state index contributed by atoms with van der Waals surface area (Å²) >= 11 is 0. The van der Waals surface area contributed by atoms with E-state index in [4.69, 9.17) is 4.74 Å². The maximum atomic E-state index is 11.8. The zero-order chi connectivity index (χ0) is 13.4. The van der Waals surface area contributed by atoms with Gasteiger partial charge in [0.15, 0.2) is 5.69 Å². The number of fused-ring (bicyclic) bond motifs is 1. The number of nitrogens with zero attached hydrogens (tertiary/aromatic N) is 2. The molecule has 3 rings (SSSR count). The van der Waals surface area contributed by atoms with E-state index in [1.165, 1.54) is 7.11 Å². The largest absolute Gasteiger partial charge is 0.464 e. The Labute approximate surface area is 111 Å². The normalized spacial score (nSPS) is 15.5. The zero-order valence-electron chi connectivity index (χ0n) is 11.1. The fraction of sp³-hybridized carbons (Fsp3) is 0.429. The minimum absolute atomic E-state index is 0.374. The fourth-order valence-corrected chi connectivity index (χ4v) is 2.40. The van der Waals surface area contributed by atoms with Crippen LogP contribution in [-0.2, 0) is 11.2 Å². The number of aromatic nitrogens is 2. The van der Waals surface area contributed by atoms with Crippen LogP contribution in [0.15, 0.2) is 18.3 Å². The lowest BCUT2D eigenvalue weighted by Crippen LogP contribution is -2.43. The van der Waals surface area contributed by atoms with Gasteiger partial charge in [0, 0.05) is 12.6 Å². The molecule has 100 valence electrons. The Bertz CT molecular complexity index is 629. The van der Waals surface area contributed by atoms with Crippen LogP contribution >= 0.6 is 0 Å². The lowest BCUT2D eigenvalue weighted by molar-refractivity contribution is 0.0596. The average Bonchev–Trinajstić information content (AvgIpc) is 2.71. The molecule has 1 N–H and O–H groups in total. The Balaban J connectivity index is 2.08. The molecule has 1 aliphatic rings. The third-order valence-electron chi connectivity index (χ3n) is 3.59. The van der Waals surface area contributed by atoms with E-state index in [0.29, 0.717) is 11.6 Å². The van der Waals surface area contributed by atoms with Crippen molar-refractivity contribution in [1.82, 2.24) is 14.7 Å². The molecule has 0 amide bonds. The average molecular weight is 259 g/mol. The standard InChI is InChI=1S/C14H17N3O2/c1-9-3-4-17-11(5-9)13(14(18)19-2)16-12(17)6-10-7-15-8-10/h3-5,10,15H,6-8H2,1-2H3. The summed E-state index contributed by atoms with van der Waals surface area (Å²) in [5.41, 5.74) is 2.34. The van der Waals surface area contributed by atoms with Crippen molar-refractivity contribution in [3.05, 3.63) is 35.4 Å². The first-order chi connectivity index (χ1) is 9.19. The van der Waals surface area contributed by atoms with Gasteiger partial charge >= 0.3 is 5.97 Å². The third kappa shape index (κ3) is 2.10. The number of esters is 1. The van der Waals surface area contributed by atoms with E-state index < -0.39 is 0 Å². The zero-order valence-corrected chi connectivity index (χ0v) is 11.1. The van der Waals surface area contributed by atoms with Crippen molar-refractivity contribution in [3.63, 3.8) is 0 Å². The number of nitrogens with one attached hydrogen (secondary N) is 1. The van der Waals surface area contributed by atoms with E-state index in [0.717, 1.165) is 36.4 Å². The van der Waals surface area contributed by atoms with Crippen LogP contribution in [0.1, 0.15) is 21.9 Å². The number of aryl methyl sites for hydroxylation is 1. The molecule has 0 radical (unpaired) electrons. The van der Waals surface area contributed by atoms with Gasteiger partial charge in [-0.05, 0) is 43.6 Å². The Kier molecular flexibility index (Phi) is 2.98. The van der Waals surface area contributed by atoms with Crippen LogP contribution in [0.3, 0.4) is 0 Å². The molecule has 0 bridgehead atoms. The number of carbonyl (C=O) groups excluding carboxylic acids is 1. The number of methoxy groups -OCH3 is 1. The van der Waals surface area contributed by atoms with Gasteiger partial charge in [-0.25, -0.2) is 9.78 Å². The third-order valence-corrected chi connectivity index (χ3v) is 3.59. The predicted octanol–water partition coefficient (Wildman–Crippen LogP) is 1.19. The lowest BCUT2D eigenvalue weighted by atomic mass is 9.99. The van der Waals surface area contributed by atoms with Gasteiger partial charge < -0.3 is 14.5 Å². The van der Waals surface area contributed by atoms with Gasteiger partial charge in [0.2, 0.25) is 0 Å². The summed E-state index contributed by atoms with van der Waals surface area (Å²) in [5, 5.41) is 3.25. The fourth-order valence-electron chi connectivity index (χ4n) is 2.40. The number of ether oxygens (including phenoxy) is 1. The smallest absolute Gasteiger partial charge is 0.358 e. The number of hydrogen-bond donors (Lipinski definition) is 1. The molecule has 0 saturated carbocycles. The molecule has 0 atom stereocenters. The molecule has 2 aromatic heterocycles. The van der Waals surface area contributed by atoms with Crippen LogP contribution in [0.2, 0.25) is 0 Å². The highest BCUT2D eigenvalue weighted by molar-refractivity contribution is 5.95. The van der Waals surface area contributed by atoms with Gasteiger partial charge in [0.05, 0.1) is 12.6 Å². The molecule has 1 aliphatic heterocycles. The Hall–Kier alpha value is -1.88. The molecule has 5 heteroatoms. The summed E-state index contributed by atoms with van der Waals surface area (Å²) in [7, 11) is 1.39. The Morgan fingerprint density at radius 2 is 2.37 bits per heavy atom. The molecular weight excluding hydrogens is 242 g/mol. The molecule has 0 aromatic carbocycles. The molecule has 19 heavy (non-hydrogen) atoms. The van der Waals surface area contributed by atoms with Crippen molar-refractivity contribution in [2.24, 2.45) is 5.92 Å². The number of pyridine rings is 1. The molecule has 2 aromatic rings. The maximum absolute atomic E-state index is 11.8. The summed E-state index contributed by atoms with van der Waals surface area (Å²) in [6, 6.07) is 4.00. The van der Waals surface area contributed by atoms with E-state index in [1.807, 2.05) is 29.7 Å². The second-order valence-corrected chi connectivity index (χ2v) is 5.06. The van der Waals surface area contributed by atoms with Crippen molar-refractivity contribution in [2.75, 3.05) is 20.2 Å². The van der Waals surface area contributed by atoms with Crippen molar-refractivity contribution in [2.45, 2.75) is 13.3 Å². The van der Waals surface area contributed by atoms with Crippen LogP contribution in [-0.4, -0.2) is 35.6 Å². The van der Waals surface area contributed by atoms with Crippen LogP contribution in [0.25, 0.3) is 5.52 Å². The summed E-state index contributed by atoms with van der Waals surface area (Å²) in [4.78, 5) is 16.3. The summed E-state index contributed by atoms with van der Waals surface area (Å²) in [5.74, 6) is 1.17. The van der Waals surface area contributed by atoms with Crippen LogP contribution in [0.5, 0.6) is 0 Å². The van der Waals surface area contributed by atoms with Gasteiger partial charge in [-0.15, -0.1) is 0 Å². The van der Waals surface area contributed by atoms with Crippen molar-refractivity contribution < 1.29 is 9.53 Å². The van der Waals surface area contributed by atoms with E-state index in [2.05, 4.69) is 10.3 Å². The van der Waals surface area contributed by atoms with E-state index >= 15 is 0 Å². The van der Waals surface area contributed by atoms with Gasteiger partial charge in [-0.2, -0.15) is 0 Å². The topological polar surface area (TPSA) is 55.6 Å². The van der Waals surface area contributed by atoms with Gasteiger partial charge in [-0.1, -0.05) is 0 Å². The molecule has 0 aliphatic carbocycles. The minimum Gasteiger partial charge on any atom is -0.464 e. The van der Waals surface area contributed by atoms with Gasteiger partial charge in [-0.3, -0.25) is 0 Å². The summed E-state index contributed by atoms with van der Waals surface area (Å²) < 4.78 is 6.81. The lowest BCUT2D eigenvalue weighted by Gasteiger charge is -2.26. The van der Waals surface area contributed by atoms with E-state index in [1.54, 1.807) is 0 Å². The summed E-state index contributed by atoms with van der Waals surface area (Å²) in [6.07, 6.45) is 2.86. The highest BCUT2D eigenvalue weighted by Crippen LogP contribution is 2.19. The van der Waals surface area contributed by atoms with Crippen molar-refractivity contribution in [3.8, 4) is 0 Å². The molecule has 0 spiro atoms. The second kappa shape index (κ2) is 4.66. The first-order valence-electron chi connectivity index (χ1n) is 6.45. The number of rotatable bonds is 3. The van der Waals surface area contributed by atoms with E-state index in [9.17, 15) is 4.79 Å². The van der Waals surface area contributed by atoms with Crippen LogP contribution < -0.4 is 5.32 Å². The molecule has 0 unspecified atom stereocenters.